The fourth-order valence-corrected chi connectivity index (χ4v) is 8.11. The molecule has 0 unspecified atom stereocenters. The van der Waals surface area contributed by atoms with Gasteiger partial charge in [0.25, 0.3) is 0 Å². The molecule has 0 aromatic carbocycles. The van der Waals surface area contributed by atoms with Crippen molar-refractivity contribution in [3.63, 3.8) is 0 Å². The normalized spacial score (nSPS) is 26.1. The molecule has 12 atom stereocenters. The summed E-state index contributed by atoms with van der Waals surface area (Å²) in [5.41, 5.74) is 0.287. The monoisotopic (exact) mass is 824 g/mol. The first-order valence-electron chi connectivity index (χ1n) is 21.1. The number of aliphatic hydroxyl groups is 1. The number of hydrogen-bond donors (Lipinski definition) is 1. The maximum Gasteiger partial charge on any atom is 0.333 e. The van der Waals surface area contributed by atoms with Gasteiger partial charge in [-0.2, -0.15) is 0 Å². The fraction of sp³-hybridized carbons (Fsp3) is 0.818. The topological polar surface area (TPSA) is 187 Å². The summed E-state index contributed by atoms with van der Waals surface area (Å²) in [6.07, 6.45) is -2.91. The van der Waals surface area contributed by atoms with Gasteiger partial charge in [0.1, 0.15) is 30.5 Å². The van der Waals surface area contributed by atoms with Crippen LogP contribution in [-0.2, 0) is 61.9 Å². The number of rotatable bonds is 21. The lowest BCUT2D eigenvalue weighted by molar-refractivity contribution is -0.347. The second-order valence-electron chi connectivity index (χ2n) is 17.7. The van der Waals surface area contributed by atoms with Crippen molar-refractivity contribution < 1.29 is 67.0 Å². The van der Waals surface area contributed by atoms with Crippen molar-refractivity contribution in [2.75, 3.05) is 7.11 Å². The Kier molecular flexibility index (Phi) is 20.5. The Labute approximate surface area is 345 Å². The van der Waals surface area contributed by atoms with Crippen molar-refractivity contribution in [3.8, 4) is 0 Å². The van der Waals surface area contributed by atoms with Crippen molar-refractivity contribution >= 4 is 35.6 Å². The Balaban J connectivity index is 2.67. The molecule has 332 valence electrons. The Morgan fingerprint density at radius 2 is 1.29 bits per heavy atom. The summed E-state index contributed by atoms with van der Waals surface area (Å²) in [6.45, 7) is 21.0. The molecule has 2 fully saturated rings. The van der Waals surface area contributed by atoms with Crippen LogP contribution in [-0.4, -0.2) is 96.4 Å². The van der Waals surface area contributed by atoms with Crippen molar-refractivity contribution in [3.05, 3.63) is 11.6 Å². The number of methoxy groups -OCH3 is 1. The fourth-order valence-electron chi connectivity index (χ4n) is 8.11. The van der Waals surface area contributed by atoms with E-state index in [1.165, 1.54) is 21.0 Å². The van der Waals surface area contributed by atoms with Crippen molar-refractivity contribution in [1.29, 1.82) is 0 Å². The van der Waals surface area contributed by atoms with E-state index < -0.39 is 96.0 Å². The van der Waals surface area contributed by atoms with Gasteiger partial charge in [-0.05, 0) is 62.7 Å². The number of aliphatic hydroxyl groups excluding tert-OH is 1. The van der Waals surface area contributed by atoms with Crippen molar-refractivity contribution in [1.82, 2.24) is 0 Å². The number of ketones is 1. The van der Waals surface area contributed by atoms with E-state index in [1.54, 1.807) is 26.8 Å². The third kappa shape index (κ3) is 16.0. The number of carbonyl (C=O) groups is 6. The molecule has 0 bridgehead atoms. The zero-order valence-electron chi connectivity index (χ0n) is 37.2. The highest BCUT2D eigenvalue weighted by atomic mass is 16.7. The maximum atomic E-state index is 13.5. The zero-order valence-corrected chi connectivity index (χ0v) is 37.2. The summed E-state index contributed by atoms with van der Waals surface area (Å²) in [5.74, 6) is -5.58. The first-order valence-corrected chi connectivity index (χ1v) is 21.1. The molecule has 1 N–H and O–H groups in total. The smallest absolute Gasteiger partial charge is 0.333 e. The third-order valence-corrected chi connectivity index (χ3v) is 10.8. The van der Waals surface area contributed by atoms with Crippen LogP contribution in [0.25, 0.3) is 0 Å². The van der Waals surface area contributed by atoms with Gasteiger partial charge in [0.2, 0.25) is 0 Å². The molecule has 58 heavy (non-hydrogen) atoms. The first-order chi connectivity index (χ1) is 27.0. The molecule has 2 saturated heterocycles. The molecule has 2 aliphatic rings. The maximum absolute atomic E-state index is 13.5. The van der Waals surface area contributed by atoms with Crippen LogP contribution in [0.3, 0.4) is 0 Å². The Hall–Kier alpha value is -3.36. The van der Waals surface area contributed by atoms with Gasteiger partial charge < -0.3 is 38.3 Å². The van der Waals surface area contributed by atoms with Gasteiger partial charge in [-0.25, -0.2) is 4.79 Å². The van der Waals surface area contributed by atoms with E-state index in [0.717, 1.165) is 0 Å². The molecule has 0 aromatic rings. The molecular weight excluding hydrogens is 752 g/mol. The van der Waals surface area contributed by atoms with E-state index in [-0.39, 0.29) is 61.3 Å². The molecule has 2 heterocycles. The van der Waals surface area contributed by atoms with Gasteiger partial charge in [0.05, 0.1) is 19.3 Å². The number of hydrogen-bond acceptors (Lipinski definition) is 14. The highest BCUT2D eigenvalue weighted by Gasteiger charge is 2.52. The average Bonchev–Trinajstić information content (AvgIpc) is 3.11. The molecule has 14 nitrogen and oxygen atoms in total. The van der Waals surface area contributed by atoms with Crippen LogP contribution in [0, 0.1) is 35.5 Å². The lowest BCUT2D eigenvalue weighted by Gasteiger charge is -2.51. The molecule has 1 spiro atoms. The second kappa shape index (κ2) is 23.4. The Morgan fingerprint density at radius 3 is 1.79 bits per heavy atom. The average molecular weight is 825 g/mol. The summed E-state index contributed by atoms with van der Waals surface area (Å²) in [5, 5.41) is 10.8. The molecule has 2 rings (SSSR count). The highest BCUT2D eigenvalue weighted by Crippen LogP contribution is 2.46. The van der Waals surface area contributed by atoms with Gasteiger partial charge in [-0.1, -0.05) is 68.4 Å². The Bertz CT molecular complexity index is 1420. The third-order valence-electron chi connectivity index (χ3n) is 10.8. The van der Waals surface area contributed by atoms with Gasteiger partial charge in [0, 0.05) is 56.9 Å². The van der Waals surface area contributed by atoms with Crippen LogP contribution < -0.4 is 0 Å². The predicted octanol–water partition coefficient (Wildman–Crippen LogP) is 6.60. The largest absolute Gasteiger partial charge is 0.466 e. The van der Waals surface area contributed by atoms with E-state index in [2.05, 4.69) is 6.92 Å². The standard InChI is InChI=1S/C44H72O14/c1-14-37(47)54-33(16-15-28(8)43(51)52-13)30(10)42(56-39(49)18-25(4)5)35(53-32(12)46)21-29(9)41(55-38(48)17-24(2)3)36-20-27(7)23-44(58-36)22-26(6)19-34(57-44)40(50)31(11)45/h15,24-27,29-30,33-36,40-42,50H,14,16-23H2,1-13H3/b28-15+/t26-,27+,29+,30+,33+,34+,35-,36+,40-,41+,42-,44+/m1/s1. The van der Waals surface area contributed by atoms with Crippen LogP contribution in [0.2, 0.25) is 0 Å². The first kappa shape index (κ1) is 50.8. The summed E-state index contributed by atoms with van der Waals surface area (Å²) >= 11 is 0. The van der Waals surface area contributed by atoms with Crippen molar-refractivity contribution in [2.24, 2.45) is 35.5 Å². The minimum absolute atomic E-state index is 0.00335. The summed E-state index contributed by atoms with van der Waals surface area (Å²) in [4.78, 5) is 77.0. The molecular formula is C44H72O14. The van der Waals surface area contributed by atoms with Crippen LogP contribution in [0.4, 0.5) is 0 Å². The van der Waals surface area contributed by atoms with Gasteiger partial charge in [0.15, 0.2) is 11.6 Å². The molecule has 2 aliphatic heterocycles. The van der Waals surface area contributed by atoms with E-state index in [0.29, 0.717) is 25.7 Å². The number of carbonyl (C=O) groups excluding carboxylic acids is 6. The molecule has 0 aliphatic carbocycles. The second-order valence-corrected chi connectivity index (χ2v) is 17.7. The lowest BCUT2D eigenvalue weighted by atomic mass is 9.79. The number of Topliss-reactive ketones (excluding diaryl/α,β-unsaturated/α-hetero) is 1. The minimum atomic E-state index is -1.32. The number of esters is 5. The quantitative estimate of drug-likeness (QED) is 0.0741. The SMILES string of the molecule is CCC(=O)O[C@@H](C/C=C(\C)C(=O)OC)[C@H](C)[C@@H](OC(=O)CC(C)C)[C@@H](C[C@H](C)[C@H](OC(=O)CC(C)C)[C@@H]1C[C@H](C)C[C@]2(C[C@H](C)C[C@@H]([C@H](O)C(C)=O)O2)O1)OC(C)=O. The van der Waals surface area contributed by atoms with E-state index in [4.69, 9.17) is 33.2 Å². The minimum Gasteiger partial charge on any atom is -0.466 e. The predicted molar refractivity (Wildman–Crippen MR) is 214 cm³/mol. The molecule has 0 aromatic heterocycles. The van der Waals surface area contributed by atoms with Gasteiger partial charge in [-0.15, -0.1) is 0 Å². The lowest BCUT2D eigenvalue weighted by Crippen LogP contribution is -2.57. The number of ether oxygens (including phenoxy) is 7. The van der Waals surface area contributed by atoms with Crippen LogP contribution >= 0.6 is 0 Å². The van der Waals surface area contributed by atoms with Crippen LogP contribution in [0.5, 0.6) is 0 Å². The molecule has 14 heteroatoms. The highest BCUT2D eigenvalue weighted by molar-refractivity contribution is 5.87. The van der Waals surface area contributed by atoms with Gasteiger partial charge >= 0.3 is 29.8 Å². The van der Waals surface area contributed by atoms with Crippen LogP contribution in [0.15, 0.2) is 11.6 Å². The van der Waals surface area contributed by atoms with E-state index >= 15 is 0 Å². The molecule has 0 amide bonds. The van der Waals surface area contributed by atoms with Crippen molar-refractivity contribution in [2.45, 2.75) is 189 Å². The van der Waals surface area contributed by atoms with Gasteiger partial charge in [-0.3, -0.25) is 24.0 Å². The molecule has 0 radical (unpaired) electrons. The van der Waals surface area contributed by atoms with E-state index in [9.17, 15) is 33.9 Å². The summed E-state index contributed by atoms with van der Waals surface area (Å²) < 4.78 is 42.5. The summed E-state index contributed by atoms with van der Waals surface area (Å²) in [7, 11) is 1.26. The molecule has 0 saturated carbocycles. The van der Waals surface area contributed by atoms with Crippen LogP contribution in [0.1, 0.15) is 141 Å². The summed E-state index contributed by atoms with van der Waals surface area (Å²) in [6, 6.07) is 0. The van der Waals surface area contributed by atoms with E-state index in [1.807, 2.05) is 41.5 Å². The zero-order chi connectivity index (χ0) is 44.1. The Morgan fingerprint density at radius 1 is 0.759 bits per heavy atom.